The molecule has 0 fully saturated rings. The van der Waals surface area contributed by atoms with Crippen molar-refractivity contribution >= 4 is 29.5 Å². The molecule has 202 valence electrons. The van der Waals surface area contributed by atoms with Crippen molar-refractivity contribution in [3.8, 4) is 0 Å². The van der Waals surface area contributed by atoms with Crippen molar-refractivity contribution in [2.45, 2.75) is 59.4 Å². The lowest BCUT2D eigenvalue weighted by molar-refractivity contribution is 0.0193. The molecule has 10 nitrogen and oxygen atoms in total. The van der Waals surface area contributed by atoms with E-state index in [4.69, 9.17) is 9.47 Å². The third-order valence-corrected chi connectivity index (χ3v) is 5.93. The van der Waals surface area contributed by atoms with E-state index in [2.05, 4.69) is 15.3 Å². The largest absolute Gasteiger partial charge is 0.444 e. The summed E-state index contributed by atoms with van der Waals surface area (Å²) >= 11 is 0. The van der Waals surface area contributed by atoms with Gasteiger partial charge in [0, 0.05) is 52.2 Å². The third-order valence-electron chi connectivity index (χ3n) is 5.93. The summed E-state index contributed by atoms with van der Waals surface area (Å²) in [6.45, 7) is 12.3. The fourth-order valence-corrected chi connectivity index (χ4v) is 3.85. The Kier molecular flexibility index (Phi) is 9.31. The molecule has 1 aliphatic heterocycles. The number of nitrogens with zero attached hydrogens (tertiary/aromatic N) is 5. The third kappa shape index (κ3) is 7.79. The number of hydrogen-bond donors (Lipinski definition) is 1. The summed E-state index contributed by atoms with van der Waals surface area (Å²) < 4.78 is 11.4. The number of amides is 2. The van der Waals surface area contributed by atoms with E-state index >= 15 is 0 Å². The molecule has 1 atom stereocenters. The van der Waals surface area contributed by atoms with Gasteiger partial charge in [0.25, 0.3) is 5.91 Å². The Bertz CT molecular complexity index is 1090. The molecule has 0 spiro atoms. The highest BCUT2D eigenvalue weighted by Crippen LogP contribution is 2.27. The van der Waals surface area contributed by atoms with E-state index in [-0.39, 0.29) is 18.1 Å². The molecule has 0 aliphatic carbocycles. The second-order valence-electron chi connectivity index (χ2n) is 10.3. The van der Waals surface area contributed by atoms with Gasteiger partial charge in [-0.1, -0.05) is 12.1 Å². The van der Waals surface area contributed by atoms with E-state index < -0.39 is 5.60 Å². The van der Waals surface area contributed by atoms with Crippen LogP contribution in [0.15, 0.2) is 30.5 Å². The van der Waals surface area contributed by atoms with Gasteiger partial charge in [0.05, 0.1) is 12.7 Å². The van der Waals surface area contributed by atoms with Crippen LogP contribution in [0.1, 0.15) is 57.0 Å². The van der Waals surface area contributed by atoms with Crippen molar-refractivity contribution in [2.75, 3.05) is 55.4 Å². The summed E-state index contributed by atoms with van der Waals surface area (Å²) in [4.78, 5) is 39.8. The van der Waals surface area contributed by atoms with E-state index in [1.54, 1.807) is 23.0 Å². The smallest absolute Gasteiger partial charge is 0.410 e. The maximum Gasteiger partial charge on any atom is 0.410 e. The van der Waals surface area contributed by atoms with Crippen molar-refractivity contribution < 1.29 is 19.1 Å². The quantitative estimate of drug-likeness (QED) is 0.535. The van der Waals surface area contributed by atoms with Crippen LogP contribution in [0.4, 0.5) is 22.2 Å². The lowest BCUT2D eigenvalue weighted by Crippen LogP contribution is -2.35. The summed E-state index contributed by atoms with van der Waals surface area (Å²) in [6, 6.07) is 7.83. The zero-order valence-corrected chi connectivity index (χ0v) is 23.1. The van der Waals surface area contributed by atoms with Gasteiger partial charge in [-0.3, -0.25) is 4.79 Å². The molecule has 2 heterocycles. The summed E-state index contributed by atoms with van der Waals surface area (Å²) in [7, 11) is 3.66. The van der Waals surface area contributed by atoms with Crippen LogP contribution >= 0.6 is 0 Å². The van der Waals surface area contributed by atoms with Gasteiger partial charge in [0.2, 0.25) is 5.95 Å². The molecule has 1 aliphatic rings. The van der Waals surface area contributed by atoms with Crippen LogP contribution in [-0.2, 0) is 16.1 Å². The number of fused-ring (bicyclic) bond motifs is 1. The van der Waals surface area contributed by atoms with Crippen molar-refractivity contribution in [1.82, 2.24) is 14.9 Å². The number of carbonyl (C=O) groups excluding carboxylic acids is 2. The zero-order valence-electron chi connectivity index (χ0n) is 23.1. The monoisotopic (exact) mass is 512 g/mol. The van der Waals surface area contributed by atoms with Crippen LogP contribution in [0.3, 0.4) is 0 Å². The molecule has 37 heavy (non-hydrogen) atoms. The molecule has 2 amide bonds. The molecule has 10 heteroatoms. The number of hydrogen-bond acceptors (Lipinski definition) is 8. The number of carbonyl (C=O) groups is 2. The average Bonchev–Trinajstić information content (AvgIpc) is 2.96. The first kappa shape index (κ1) is 28.2. The van der Waals surface area contributed by atoms with Crippen LogP contribution in [0.2, 0.25) is 0 Å². The lowest BCUT2D eigenvalue weighted by atomic mass is 10.1. The van der Waals surface area contributed by atoms with E-state index in [9.17, 15) is 9.59 Å². The molecule has 1 aromatic heterocycles. The second kappa shape index (κ2) is 12.2. The molecule has 0 unspecified atom stereocenters. The molecule has 0 saturated heterocycles. The minimum absolute atomic E-state index is 0.0584. The van der Waals surface area contributed by atoms with Crippen molar-refractivity contribution in [3.63, 3.8) is 0 Å². The fraction of sp³-hybridized carbons (Fsp3) is 0.556. The molecule has 1 aromatic carbocycles. The Labute approximate surface area is 220 Å². The van der Waals surface area contributed by atoms with Gasteiger partial charge in [0.1, 0.15) is 17.0 Å². The van der Waals surface area contributed by atoms with Crippen LogP contribution in [0.5, 0.6) is 0 Å². The van der Waals surface area contributed by atoms with E-state index in [0.29, 0.717) is 56.5 Å². The van der Waals surface area contributed by atoms with Gasteiger partial charge < -0.3 is 29.5 Å². The Balaban J connectivity index is 1.61. The first-order valence-corrected chi connectivity index (χ1v) is 12.8. The molecule has 0 radical (unpaired) electrons. The Morgan fingerprint density at radius 2 is 2.03 bits per heavy atom. The van der Waals surface area contributed by atoms with E-state index in [1.165, 1.54) is 0 Å². The van der Waals surface area contributed by atoms with E-state index in [1.807, 2.05) is 70.8 Å². The van der Waals surface area contributed by atoms with Gasteiger partial charge in [-0.15, -0.1) is 0 Å². The molecule has 0 bridgehead atoms. The Morgan fingerprint density at radius 1 is 1.27 bits per heavy atom. The molecule has 1 N–H and O–H groups in total. The normalized spacial score (nSPS) is 14.6. The standard InChI is InChI=1S/C27H40N6O4/c1-8-28-25-29-17-22-23(30-25)31(6)14-15-33(24(22)34)21-11-9-10-20(16-21)18-36-19(2)12-13-32(7)26(35)37-27(3,4)5/h9-11,16-17,19H,8,12-15,18H2,1-7H3,(H,28,29,30)/t19-/m1/s1. The van der Waals surface area contributed by atoms with Gasteiger partial charge in [-0.25, -0.2) is 9.78 Å². The first-order valence-electron chi connectivity index (χ1n) is 12.8. The van der Waals surface area contributed by atoms with Crippen LogP contribution < -0.4 is 15.1 Å². The summed E-state index contributed by atoms with van der Waals surface area (Å²) in [5, 5.41) is 3.10. The second-order valence-corrected chi connectivity index (χ2v) is 10.3. The van der Waals surface area contributed by atoms with E-state index in [0.717, 1.165) is 11.3 Å². The van der Waals surface area contributed by atoms with Crippen LogP contribution in [0, 0.1) is 0 Å². The molecule has 2 aromatic rings. The number of rotatable bonds is 9. The van der Waals surface area contributed by atoms with Crippen molar-refractivity contribution in [3.05, 3.63) is 41.6 Å². The highest BCUT2D eigenvalue weighted by molar-refractivity contribution is 6.09. The number of benzene rings is 1. The highest BCUT2D eigenvalue weighted by Gasteiger charge is 2.28. The highest BCUT2D eigenvalue weighted by atomic mass is 16.6. The zero-order chi connectivity index (χ0) is 27.2. The fourth-order valence-electron chi connectivity index (χ4n) is 3.85. The van der Waals surface area contributed by atoms with Crippen LogP contribution in [-0.4, -0.2) is 78.8 Å². The Morgan fingerprint density at radius 3 is 2.73 bits per heavy atom. The summed E-state index contributed by atoms with van der Waals surface area (Å²) in [5.74, 6) is 1.02. The number of nitrogens with one attached hydrogen (secondary N) is 1. The molecule has 3 rings (SSSR count). The first-order chi connectivity index (χ1) is 17.5. The maximum absolute atomic E-state index is 13.4. The molecule has 0 saturated carbocycles. The van der Waals surface area contributed by atoms with Crippen molar-refractivity contribution in [1.29, 1.82) is 0 Å². The van der Waals surface area contributed by atoms with Gasteiger partial charge >= 0.3 is 6.09 Å². The van der Waals surface area contributed by atoms with Gasteiger partial charge in [0.15, 0.2) is 0 Å². The molecular weight excluding hydrogens is 472 g/mol. The van der Waals surface area contributed by atoms with Crippen molar-refractivity contribution in [2.24, 2.45) is 0 Å². The average molecular weight is 513 g/mol. The minimum atomic E-state index is -0.521. The number of likely N-dealkylation sites (N-methyl/N-ethyl adjacent to an activating group) is 1. The number of anilines is 3. The summed E-state index contributed by atoms with van der Waals surface area (Å²) in [5.41, 5.74) is 1.73. The molecular formula is C27H40N6O4. The summed E-state index contributed by atoms with van der Waals surface area (Å²) in [6.07, 6.45) is 1.88. The number of aromatic nitrogens is 2. The van der Waals surface area contributed by atoms with Gasteiger partial charge in [-0.2, -0.15) is 4.98 Å². The predicted octanol–water partition coefficient (Wildman–Crippen LogP) is 4.17. The Hall–Kier alpha value is -3.40. The maximum atomic E-state index is 13.4. The van der Waals surface area contributed by atoms with Crippen LogP contribution in [0.25, 0.3) is 0 Å². The minimum Gasteiger partial charge on any atom is -0.444 e. The predicted molar refractivity (Wildman–Crippen MR) is 145 cm³/mol. The lowest BCUT2D eigenvalue weighted by Gasteiger charge is -2.25. The van der Waals surface area contributed by atoms with Gasteiger partial charge in [-0.05, 0) is 58.7 Å². The SMILES string of the molecule is CCNc1ncc2c(n1)N(C)CCN(c1cccc(CO[C@H](C)CCN(C)C(=O)OC(C)(C)C)c1)C2=O. The number of ether oxygens (including phenoxy) is 2. The topological polar surface area (TPSA) is 100 Å².